The van der Waals surface area contributed by atoms with Crippen LogP contribution in [0.4, 0.5) is 0 Å². The van der Waals surface area contributed by atoms with E-state index in [0.29, 0.717) is 12.1 Å². The van der Waals surface area contributed by atoms with E-state index in [1.807, 2.05) is 0 Å². The van der Waals surface area contributed by atoms with Crippen molar-refractivity contribution < 1.29 is 4.79 Å². The molecular weight excluding hydrogens is 226 g/mol. The summed E-state index contributed by atoms with van der Waals surface area (Å²) in [7, 11) is 0. The number of rotatable bonds is 3. The Morgan fingerprint density at radius 2 is 2.17 bits per heavy atom. The summed E-state index contributed by atoms with van der Waals surface area (Å²) in [6, 6.07) is 6.58. The van der Waals surface area contributed by atoms with Crippen molar-refractivity contribution in [2.75, 3.05) is 0 Å². The lowest BCUT2D eigenvalue weighted by molar-refractivity contribution is 0.1000. The van der Waals surface area contributed by atoms with Crippen LogP contribution in [0.2, 0.25) is 0 Å². The summed E-state index contributed by atoms with van der Waals surface area (Å²) in [4.78, 5) is 11.0. The fourth-order valence-electron chi connectivity index (χ4n) is 2.49. The molecule has 1 aromatic carbocycles. The van der Waals surface area contributed by atoms with Crippen LogP contribution in [-0.4, -0.2) is 15.7 Å². The van der Waals surface area contributed by atoms with Crippen LogP contribution in [0.25, 0.3) is 0 Å². The molecule has 2 N–H and O–H groups in total. The minimum atomic E-state index is -0.435. The van der Waals surface area contributed by atoms with Crippen molar-refractivity contribution in [1.29, 1.82) is 0 Å². The second-order valence-electron chi connectivity index (χ2n) is 4.75. The highest BCUT2D eigenvalue weighted by atomic mass is 16.1. The molecule has 4 heteroatoms. The molecular formula is C14H15N3O. The maximum absolute atomic E-state index is 11.0. The van der Waals surface area contributed by atoms with Gasteiger partial charge in [0.2, 0.25) is 0 Å². The Kier molecular flexibility index (Phi) is 2.63. The van der Waals surface area contributed by atoms with Crippen molar-refractivity contribution in [2.45, 2.75) is 25.8 Å². The molecule has 0 saturated heterocycles. The molecule has 2 aromatic rings. The number of hydrogen-bond donors (Lipinski definition) is 1. The summed E-state index contributed by atoms with van der Waals surface area (Å²) >= 11 is 0. The predicted molar refractivity (Wildman–Crippen MR) is 68.3 cm³/mol. The lowest BCUT2D eigenvalue weighted by atomic mass is 10.1. The number of nitrogens with zero attached hydrogens (tertiary/aromatic N) is 2. The quantitative estimate of drug-likeness (QED) is 0.885. The Labute approximate surface area is 105 Å². The van der Waals surface area contributed by atoms with E-state index in [9.17, 15) is 4.79 Å². The van der Waals surface area contributed by atoms with Gasteiger partial charge in [0.1, 0.15) is 0 Å². The molecule has 0 atom stereocenters. The summed E-state index contributed by atoms with van der Waals surface area (Å²) in [5.74, 6) is -0.435. The van der Waals surface area contributed by atoms with Crippen LogP contribution in [-0.2, 0) is 19.4 Å². The first-order valence-electron chi connectivity index (χ1n) is 6.15. The van der Waals surface area contributed by atoms with Crippen molar-refractivity contribution in [1.82, 2.24) is 9.78 Å². The van der Waals surface area contributed by atoms with E-state index in [1.54, 1.807) is 10.9 Å². The van der Waals surface area contributed by atoms with Crippen LogP contribution >= 0.6 is 0 Å². The highest BCUT2D eigenvalue weighted by Crippen LogP contribution is 2.23. The molecule has 4 nitrogen and oxygen atoms in total. The van der Waals surface area contributed by atoms with Gasteiger partial charge in [-0.3, -0.25) is 9.48 Å². The van der Waals surface area contributed by atoms with Crippen LogP contribution < -0.4 is 5.73 Å². The van der Waals surface area contributed by atoms with Gasteiger partial charge in [-0.25, -0.2) is 0 Å². The maximum atomic E-state index is 11.0. The second kappa shape index (κ2) is 4.29. The summed E-state index contributed by atoms with van der Waals surface area (Å²) in [5, 5.41) is 4.14. The van der Waals surface area contributed by atoms with Gasteiger partial charge in [-0.15, -0.1) is 0 Å². The van der Waals surface area contributed by atoms with E-state index in [2.05, 4.69) is 23.3 Å². The molecule has 1 aliphatic rings. The van der Waals surface area contributed by atoms with E-state index in [1.165, 1.54) is 42.1 Å². The van der Waals surface area contributed by atoms with Gasteiger partial charge in [-0.1, -0.05) is 18.2 Å². The van der Waals surface area contributed by atoms with Gasteiger partial charge in [-0.2, -0.15) is 5.10 Å². The van der Waals surface area contributed by atoms with Crippen molar-refractivity contribution in [3.63, 3.8) is 0 Å². The van der Waals surface area contributed by atoms with Crippen LogP contribution in [0.15, 0.2) is 30.6 Å². The molecule has 1 amide bonds. The van der Waals surface area contributed by atoms with Gasteiger partial charge >= 0.3 is 0 Å². The molecule has 92 valence electrons. The predicted octanol–water partition coefficient (Wildman–Crippen LogP) is 1.52. The Morgan fingerprint density at radius 3 is 2.94 bits per heavy atom. The lowest BCUT2D eigenvalue weighted by Crippen LogP contribution is -2.09. The van der Waals surface area contributed by atoms with Gasteiger partial charge in [0.05, 0.1) is 18.3 Å². The lowest BCUT2D eigenvalue weighted by Gasteiger charge is -2.05. The number of nitrogens with two attached hydrogens (primary N) is 1. The molecule has 3 rings (SSSR count). The minimum absolute atomic E-state index is 0.435. The van der Waals surface area contributed by atoms with Gasteiger partial charge in [0, 0.05) is 6.20 Å². The molecule has 0 aliphatic heterocycles. The standard InChI is InChI=1S/C14H15N3O/c15-14(18)13-7-16-17(9-13)8-10-4-5-11-2-1-3-12(11)6-10/h4-7,9H,1-3,8H2,(H2,15,18). The zero-order valence-electron chi connectivity index (χ0n) is 10.1. The number of hydrogen-bond acceptors (Lipinski definition) is 2. The Balaban J connectivity index is 1.81. The van der Waals surface area contributed by atoms with Gasteiger partial charge < -0.3 is 5.73 Å². The molecule has 0 bridgehead atoms. The third kappa shape index (κ3) is 2.01. The van der Waals surface area contributed by atoms with E-state index in [4.69, 9.17) is 5.73 Å². The van der Waals surface area contributed by atoms with Crippen molar-refractivity contribution in [3.05, 3.63) is 52.8 Å². The first-order valence-corrected chi connectivity index (χ1v) is 6.15. The van der Waals surface area contributed by atoms with E-state index in [0.717, 1.165) is 0 Å². The van der Waals surface area contributed by atoms with Gasteiger partial charge in [0.25, 0.3) is 5.91 Å². The molecule has 0 spiro atoms. The monoisotopic (exact) mass is 241 g/mol. The van der Waals surface area contributed by atoms with Crippen LogP contribution in [0.1, 0.15) is 33.5 Å². The van der Waals surface area contributed by atoms with Gasteiger partial charge in [0.15, 0.2) is 0 Å². The normalized spacial score (nSPS) is 13.6. The fraction of sp³-hybridized carbons (Fsp3) is 0.286. The zero-order valence-corrected chi connectivity index (χ0v) is 10.1. The average Bonchev–Trinajstić information content (AvgIpc) is 2.96. The summed E-state index contributed by atoms with van der Waals surface area (Å²) < 4.78 is 1.75. The number of carbonyl (C=O) groups excluding carboxylic acids is 1. The molecule has 0 radical (unpaired) electrons. The third-order valence-corrected chi connectivity index (χ3v) is 3.43. The van der Waals surface area contributed by atoms with Crippen LogP contribution in [0.5, 0.6) is 0 Å². The summed E-state index contributed by atoms with van der Waals surface area (Å²) in [5.41, 5.74) is 9.80. The largest absolute Gasteiger partial charge is 0.366 e. The van der Waals surface area contributed by atoms with Crippen molar-refractivity contribution in [2.24, 2.45) is 5.73 Å². The highest BCUT2D eigenvalue weighted by molar-refractivity contribution is 5.92. The fourth-order valence-corrected chi connectivity index (χ4v) is 2.49. The number of fused-ring (bicyclic) bond motifs is 1. The van der Waals surface area contributed by atoms with Gasteiger partial charge in [-0.05, 0) is 36.0 Å². The van der Waals surface area contributed by atoms with E-state index in [-0.39, 0.29) is 0 Å². The number of carbonyl (C=O) groups is 1. The average molecular weight is 241 g/mol. The van der Waals surface area contributed by atoms with E-state index < -0.39 is 5.91 Å². The SMILES string of the molecule is NC(=O)c1cnn(Cc2ccc3c(c2)CCC3)c1. The molecule has 0 unspecified atom stereocenters. The molecule has 1 heterocycles. The molecule has 1 aromatic heterocycles. The summed E-state index contributed by atoms with van der Waals surface area (Å²) in [6.45, 7) is 0.681. The topological polar surface area (TPSA) is 60.9 Å². The smallest absolute Gasteiger partial charge is 0.251 e. The first kappa shape index (κ1) is 11.0. The minimum Gasteiger partial charge on any atom is -0.366 e. The summed E-state index contributed by atoms with van der Waals surface area (Å²) in [6.07, 6.45) is 6.83. The zero-order chi connectivity index (χ0) is 12.5. The molecule has 0 saturated carbocycles. The number of amides is 1. The third-order valence-electron chi connectivity index (χ3n) is 3.43. The first-order chi connectivity index (χ1) is 8.72. The number of aryl methyl sites for hydroxylation is 2. The molecule has 0 fully saturated rings. The highest BCUT2D eigenvalue weighted by Gasteiger charge is 2.11. The molecule has 1 aliphatic carbocycles. The Hall–Kier alpha value is -2.10. The Bertz CT molecular complexity index is 601. The van der Waals surface area contributed by atoms with Crippen molar-refractivity contribution in [3.8, 4) is 0 Å². The Morgan fingerprint density at radius 1 is 1.33 bits per heavy atom. The molecule has 18 heavy (non-hydrogen) atoms. The van der Waals surface area contributed by atoms with Crippen LogP contribution in [0, 0.1) is 0 Å². The van der Waals surface area contributed by atoms with E-state index >= 15 is 0 Å². The van der Waals surface area contributed by atoms with Crippen molar-refractivity contribution >= 4 is 5.91 Å². The maximum Gasteiger partial charge on any atom is 0.251 e. The van der Waals surface area contributed by atoms with Crippen LogP contribution in [0.3, 0.4) is 0 Å². The number of benzene rings is 1. The number of primary amides is 1. The number of aromatic nitrogens is 2. The second-order valence-corrected chi connectivity index (χ2v) is 4.75.